The SMILES string of the molecule is C[NH+](C)C[C@H]1CCCC[C@H]1OC(=O)c1ccc(Br)cc1. The molecule has 0 aromatic heterocycles. The number of nitrogens with one attached hydrogen (secondary N) is 1. The Bertz CT molecular complexity index is 444. The Morgan fingerprint density at radius 1 is 1.25 bits per heavy atom. The first-order valence-corrected chi connectivity index (χ1v) is 8.11. The number of quaternary nitrogens is 1. The zero-order valence-corrected chi connectivity index (χ0v) is 13.8. The van der Waals surface area contributed by atoms with Crippen molar-refractivity contribution in [2.24, 2.45) is 5.92 Å². The van der Waals surface area contributed by atoms with Gasteiger partial charge in [0.05, 0.1) is 26.2 Å². The van der Waals surface area contributed by atoms with Gasteiger partial charge < -0.3 is 9.64 Å². The highest BCUT2D eigenvalue weighted by molar-refractivity contribution is 9.10. The van der Waals surface area contributed by atoms with Crippen LogP contribution in [0.4, 0.5) is 0 Å². The number of rotatable bonds is 4. The summed E-state index contributed by atoms with van der Waals surface area (Å²) < 4.78 is 6.74. The predicted octanol–water partition coefficient (Wildman–Crippen LogP) is 2.31. The van der Waals surface area contributed by atoms with Gasteiger partial charge in [-0.05, 0) is 43.5 Å². The molecule has 0 spiro atoms. The van der Waals surface area contributed by atoms with Gasteiger partial charge >= 0.3 is 5.97 Å². The first kappa shape index (κ1) is 15.5. The fraction of sp³-hybridized carbons (Fsp3) is 0.562. The molecular formula is C16H23BrNO2+. The lowest BCUT2D eigenvalue weighted by molar-refractivity contribution is -0.862. The van der Waals surface area contributed by atoms with Crippen LogP contribution in [0.1, 0.15) is 36.0 Å². The third-order valence-electron chi connectivity index (χ3n) is 3.85. The normalized spacial score (nSPS) is 22.8. The molecule has 20 heavy (non-hydrogen) atoms. The van der Waals surface area contributed by atoms with Gasteiger partial charge in [-0.15, -0.1) is 0 Å². The number of hydrogen-bond acceptors (Lipinski definition) is 2. The Labute approximate surface area is 129 Å². The molecule has 0 radical (unpaired) electrons. The van der Waals surface area contributed by atoms with Crippen LogP contribution in [0.25, 0.3) is 0 Å². The molecule has 0 bridgehead atoms. The molecule has 1 aromatic rings. The van der Waals surface area contributed by atoms with Gasteiger partial charge in [0.15, 0.2) is 0 Å². The summed E-state index contributed by atoms with van der Waals surface area (Å²) >= 11 is 3.37. The van der Waals surface area contributed by atoms with Crippen molar-refractivity contribution in [1.82, 2.24) is 0 Å². The van der Waals surface area contributed by atoms with Crippen LogP contribution in [-0.4, -0.2) is 32.7 Å². The maximum atomic E-state index is 12.2. The second kappa shape index (κ2) is 7.23. The van der Waals surface area contributed by atoms with Crippen molar-refractivity contribution in [3.63, 3.8) is 0 Å². The highest BCUT2D eigenvalue weighted by atomic mass is 79.9. The minimum atomic E-state index is -0.192. The Morgan fingerprint density at radius 2 is 1.90 bits per heavy atom. The molecule has 2 atom stereocenters. The standard InChI is InChI=1S/C16H22BrNO2/c1-18(2)11-13-5-3-4-6-15(13)20-16(19)12-7-9-14(17)10-8-12/h7-10,13,15H,3-6,11H2,1-2H3/p+1/t13-,15-/m1/s1. The van der Waals surface area contributed by atoms with Crippen molar-refractivity contribution in [2.45, 2.75) is 31.8 Å². The molecule has 1 fully saturated rings. The molecule has 0 heterocycles. The Balaban J connectivity index is 1.99. The zero-order valence-electron chi connectivity index (χ0n) is 12.2. The lowest BCUT2D eigenvalue weighted by Crippen LogP contribution is -3.06. The van der Waals surface area contributed by atoms with Crippen LogP contribution < -0.4 is 4.90 Å². The van der Waals surface area contributed by atoms with Crippen LogP contribution in [0.2, 0.25) is 0 Å². The van der Waals surface area contributed by atoms with Crippen molar-refractivity contribution in [3.05, 3.63) is 34.3 Å². The lowest BCUT2D eigenvalue weighted by Gasteiger charge is -2.31. The molecule has 1 aliphatic carbocycles. The van der Waals surface area contributed by atoms with Crippen molar-refractivity contribution in [1.29, 1.82) is 0 Å². The fourth-order valence-corrected chi connectivity index (χ4v) is 3.14. The van der Waals surface area contributed by atoms with Gasteiger partial charge in [0.2, 0.25) is 0 Å². The molecule has 0 aliphatic heterocycles. The van der Waals surface area contributed by atoms with E-state index in [0.29, 0.717) is 11.5 Å². The smallest absolute Gasteiger partial charge is 0.338 e. The summed E-state index contributed by atoms with van der Waals surface area (Å²) in [4.78, 5) is 13.6. The van der Waals surface area contributed by atoms with Crippen LogP contribution in [-0.2, 0) is 4.74 Å². The van der Waals surface area contributed by atoms with Crippen LogP contribution in [0.15, 0.2) is 28.7 Å². The monoisotopic (exact) mass is 340 g/mol. The largest absolute Gasteiger partial charge is 0.458 e. The molecule has 1 aromatic carbocycles. The molecule has 0 amide bonds. The second-order valence-electron chi connectivity index (χ2n) is 5.91. The molecule has 110 valence electrons. The highest BCUT2D eigenvalue weighted by Crippen LogP contribution is 2.27. The lowest BCUT2D eigenvalue weighted by atomic mass is 9.86. The first-order valence-electron chi connectivity index (χ1n) is 7.32. The number of halogens is 1. The van der Waals surface area contributed by atoms with E-state index in [9.17, 15) is 4.79 Å². The number of esters is 1. The molecular weight excluding hydrogens is 318 g/mol. The number of benzene rings is 1. The van der Waals surface area contributed by atoms with E-state index in [0.717, 1.165) is 23.9 Å². The van der Waals surface area contributed by atoms with E-state index in [-0.39, 0.29) is 12.1 Å². The first-order chi connectivity index (χ1) is 9.56. The Kier molecular flexibility index (Phi) is 5.61. The van der Waals surface area contributed by atoms with Crippen molar-refractivity contribution in [3.8, 4) is 0 Å². The minimum absolute atomic E-state index is 0.0785. The van der Waals surface area contributed by atoms with E-state index in [1.165, 1.54) is 17.7 Å². The van der Waals surface area contributed by atoms with Crippen LogP contribution in [0.3, 0.4) is 0 Å². The summed E-state index contributed by atoms with van der Waals surface area (Å²) in [7, 11) is 4.31. The topological polar surface area (TPSA) is 30.7 Å². The molecule has 4 heteroatoms. The molecule has 0 unspecified atom stereocenters. The Morgan fingerprint density at radius 3 is 2.55 bits per heavy atom. The highest BCUT2D eigenvalue weighted by Gasteiger charge is 2.30. The molecule has 3 nitrogen and oxygen atoms in total. The van der Waals surface area contributed by atoms with Gasteiger partial charge in [-0.3, -0.25) is 0 Å². The molecule has 1 aliphatic rings. The average Bonchev–Trinajstić information content (AvgIpc) is 2.41. The van der Waals surface area contributed by atoms with Crippen molar-refractivity contribution < 1.29 is 14.4 Å². The summed E-state index contributed by atoms with van der Waals surface area (Å²) in [6.07, 6.45) is 4.67. The maximum absolute atomic E-state index is 12.2. The third-order valence-corrected chi connectivity index (χ3v) is 4.38. The zero-order chi connectivity index (χ0) is 14.5. The van der Waals surface area contributed by atoms with E-state index in [1.54, 1.807) is 12.1 Å². The van der Waals surface area contributed by atoms with Gasteiger partial charge in [0.1, 0.15) is 6.10 Å². The minimum Gasteiger partial charge on any atom is -0.458 e. The second-order valence-corrected chi connectivity index (χ2v) is 6.82. The summed E-state index contributed by atoms with van der Waals surface area (Å²) in [6.45, 7) is 1.07. The van der Waals surface area contributed by atoms with Gasteiger partial charge in [0.25, 0.3) is 0 Å². The van der Waals surface area contributed by atoms with Gasteiger partial charge in [-0.2, -0.15) is 0 Å². The van der Waals surface area contributed by atoms with E-state index in [2.05, 4.69) is 30.0 Å². The van der Waals surface area contributed by atoms with Crippen LogP contribution in [0.5, 0.6) is 0 Å². The molecule has 0 saturated heterocycles. The number of ether oxygens (including phenoxy) is 1. The third kappa shape index (κ3) is 4.32. The number of hydrogen-bond donors (Lipinski definition) is 1. The predicted molar refractivity (Wildman–Crippen MR) is 83.0 cm³/mol. The van der Waals surface area contributed by atoms with Crippen molar-refractivity contribution in [2.75, 3.05) is 20.6 Å². The maximum Gasteiger partial charge on any atom is 0.338 e. The average molecular weight is 341 g/mol. The Hall–Kier alpha value is -0.870. The van der Waals surface area contributed by atoms with E-state index in [1.807, 2.05) is 12.1 Å². The number of carbonyl (C=O) groups excluding carboxylic acids is 1. The summed E-state index contributed by atoms with van der Waals surface area (Å²) in [5.74, 6) is 0.302. The van der Waals surface area contributed by atoms with Crippen LogP contribution >= 0.6 is 15.9 Å². The van der Waals surface area contributed by atoms with Crippen LogP contribution in [0, 0.1) is 5.92 Å². The molecule has 1 saturated carbocycles. The molecule has 2 rings (SSSR count). The number of carbonyl (C=O) groups is 1. The summed E-state index contributed by atoms with van der Waals surface area (Å²) in [6, 6.07) is 7.36. The van der Waals surface area contributed by atoms with Gasteiger partial charge in [-0.25, -0.2) is 4.79 Å². The van der Waals surface area contributed by atoms with E-state index in [4.69, 9.17) is 4.74 Å². The van der Waals surface area contributed by atoms with Gasteiger partial charge in [-0.1, -0.05) is 22.4 Å². The van der Waals surface area contributed by atoms with E-state index >= 15 is 0 Å². The van der Waals surface area contributed by atoms with Crippen molar-refractivity contribution >= 4 is 21.9 Å². The quantitative estimate of drug-likeness (QED) is 0.852. The fourth-order valence-electron chi connectivity index (χ4n) is 2.88. The molecule has 1 N–H and O–H groups in total. The summed E-state index contributed by atoms with van der Waals surface area (Å²) in [5, 5.41) is 0. The summed E-state index contributed by atoms with van der Waals surface area (Å²) in [5.41, 5.74) is 0.634. The van der Waals surface area contributed by atoms with E-state index < -0.39 is 0 Å². The van der Waals surface area contributed by atoms with Gasteiger partial charge in [0, 0.05) is 10.4 Å².